The Hall–Kier alpha value is -2.41. The smallest absolute Gasteiger partial charge is 0.324 e. The zero-order valence-corrected chi connectivity index (χ0v) is 9.58. The highest BCUT2D eigenvalue weighted by Gasteiger charge is 2.04. The monoisotopic (exact) mass is 247 g/mol. The molecule has 18 heavy (non-hydrogen) atoms. The van der Waals surface area contributed by atoms with Gasteiger partial charge >= 0.3 is 6.03 Å². The van der Waals surface area contributed by atoms with Crippen molar-refractivity contribution in [2.24, 2.45) is 0 Å². The predicted octanol–water partition coefficient (Wildman–Crippen LogP) is 0.914. The molecule has 0 saturated carbocycles. The molecule has 0 fully saturated rings. The molecule has 2 rings (SSSR count). The zero-order valence-electron chi connectivity index (χ0n) is 9.58. The molecule has 94 valence electrons. The van der Waals surface area contributed by atoms with E-state index >= 15 is 0 Å². The third kappa shape index (κ3) is 3.29. The van der Waals surface area contributed by atoms with Gasteiger partial charge in [0.05, 0.1) is 25.0 Å². The van der Waals surface area contributed by atoms with Gasteiger partial charge < -0.3 is 10.4 Å². The molecule has 0 atom stereocenters. The summed E-state index contributed by atoms with van der Waals surface area (Å²) in [5.74, 6) is 0.470. The van der Waals surface area contributed by atoms with Gasteiger partial charge in [-0.05, 0) is 12.1 Å². The number of aromatic nitrogens is 3. The quantitative estimate of drug-likeness (QED) is 0.749. The Kier molecular flexibility index (Phi) is 3.87. The second-order valence-corrected chi connectivity index (χ2v) is 3.51. The molecule has 7 heteroatoms. The fourth-order valence-corrected chi connectivity index (χ4v) is 1.37. The Morgan fingerprint density at radius 1 is 1.39 bits per heavy atom. The molecule has 2 amide bonds. The van der Waals surface area contributed by atoms with Crippen molar-refractivity contribution in [2.75, 3.05) is 17.2 Å². The average molecular weight is 247 g/mol. The molecule has 0 spiro atoms. The lowest BCUT2D eigenvalue weighted by molar-refractivity contribution is 0.262. The van der Waals surface area contributed by atoms with E-state index in [-0.39, 0.29) is 6.61 Å². The second kappa shape index (κ2) is 5.78. The van der Waals surface area contributed by atoms with Crippen molar-refractivity contribution in [3.05, 3.63) is 36.8 Å². The Morgan fingerprint density at radius 3 is 3.00 bits per heavy atom. The maximum Gasteiger partial charge on any atom is 0.324 e. The molecule has 7 nitrogen and oxygen atoms in total. The van der Waals surface area contributed by atoms with Crippen molar-refractivity contribution in [1.29, 1.82) is 0 Å². The molecule has 0 aliphatic heterocycles. The number of hydrogen-bond donors (Lipinski definition) is 3. The van der Waals surface area contributed by atoms with Crippen molar-refractivity contribution in [1.82, 2.24) is 14.8 Å². The van der Waals surface area contributed by atoms with Gasteiger partial charge in [-0.1, -0.05) is 6.07 Å². The first-order chi connectivity index (χ1) is 8.78. The fourth-order valence-electron chi connectivity index (χ4n) is 1.37. The van der Waals surface area contributed by atoms with Crippen molar-refractivity contribution >= 4 is 17.5 Å². The third-order valence-electron chi connectivity index (χ3n) is 2.13. The van der Waals surface area contributed by atoms with Crippen LogP contribution in [0, 0.1) is 0 Å². The molecule has 0 bridgehead atoms. The Labute approximate surface area is 103 Å². The standard InChI is InChI=1S/C11H13N5O2/c17-6-5-16-8-9(7-13-16)14-11(18)15-10-3-1-2-4-12-10/h1-4,7-8,17H,5-6H2,(H2,12,14,15,18). The number of carbonyl (C=O) groups excluding carboxylic acids is 1. The SMILES string of the molecule is O=C(Nc1cnn(CCO)c1)Nc1ccccn1. The summed E-state index contributed by atoms with van der Waals surface area (Å²) in [5.41, 5.74) is 0.553. The van der Waals surface area contributed by atoms with Crippen molar-refractivity contribution in [2.45, 2.75) is 6.54 Å². The van der Waals surface area contributed by atoms with E-state index in [9.17, 15) is 4.79 Å². The van der Waals surface area contributed by atoms with Crippen LogP contribution in [0.5, 0.6) is 0 Å². The lowest BCUT2D eigenvalue weighted by Crippen LogP contribution is -2.19. The first-order valence-corrected chi connectivity index (χ1v) is 5.40. The Bertz CT molecular complexity index is 511. The number of anilines is 2. The van der Waals surface area contributed by atoms with E-state index < -0.39 is 6.03 Å². The van der Waals surface area contributed by atoms with Gasteiger partial charge in [0.25, 0.3) is 0 Å². The van der Waals surface area contributed by atoms with Gasteiger partial charge in [-0.3, -0.25) is 10.00 Å². The minimum absolute atomic E-state index is 0.00124. The van der Waals surface area contributed by atoms with E-state index in [4.69, 9.17) is 5.11 Å². The number of nitrogens with one attached hydrogen (secondary N) is 2. The normalized spacial score (nSPS) is 10.1. The molecule has 0 aliphatic rings. The maximum absolute atomic E-state index is 11.6. The van der Waals surface area contributed by atoms with E-state index in [0.717, 1.165) is 0 Å². The molecular formula is C11H13N5O2. The fraction of sp³-hybridized carbons (Fsp3) is 0.182. The van der Waals surface area contributed by atoms with Crippen LogP contribution in [-0.4, -0.2) is 32.5 Å². The molecule has 0 saturated heterocycles. The molecule has 2 aromatic heterocycles. The van der Waals surface area contributed by atoms with Crippen molar-refractivity contribution < 1.29 is 9.90 Å². The van der Waals surface area contributed by atoms with E-state index in [2.05, 4.69) is 20.7 Å². The maximum atomic E-state index is 11.6. The largest absolute Gasteiger partial charge is 0.394 e. The molecular weight excluding hydrogens is 234 g/mol. The van der Waals surface area contributed by atoms with Gasteiger partial charge in [0.1, 0.15) is 5.82 Å². The van der Waals surface area contributed by atoms with E-state index in [1.807, 2.05) is 0 Å². The summed E-state index contributed by atoms with van der Waals surface area (Å²) >= 11 is 0. The highest BCUT2D eigenvalue weighted by Crippen LogP contribution is 2.06. The summed E-state index contributed by atoms with van der Waals surface area (Å²) < 4.78 is 1.54. The number of hydrogen-bond acceptors (Lipinski definition) is 4. The summed E-state index contributed by atoms with van der Waals surface area (Å²) in [6, 6.07) is 4.84. The van der Waals surface area contributed by atoms with Crippen molar-refractivity contribution in [3.63, 3.8) is 0 Å². The summed E-state index contributed by atoms with van der Waals surface area (Å²) in [5, 5.41) is 17.9. The highest BCUT2D eigenvalue weighted by molar-refractivity contribution is 5.98. The second-order valence-electron chi connectivity index (χ2n) is 3.51. The summed E-state index contributed by atoms with van der Waals surface area (Å²) in [7, 11) is 0. The topological polar surface area (TPSA) is 92.1 Å². The Balaban J connectivity index is 1.90. The van der Waals surface area contributed by atoms with Gasteiger partial charge in [-0.2, -0.15) is 5.10 Å². The average Bonchev–Trinajstić information content (AvgIpc) is 2.78. The van der Waals surface area contributed by atoms with Crippen LogP contribution < -0.4 is 10.6 Å². The number of urea groups is 1. The minimum Gasteiger partial charge on any atom is -0.394 e. The van der Waals surface area contributed by atoms with E-state index in [1.165, 1.54) is 10.9 Å². The van der Waals surface area contributed by atoms with Crippen molar-refractivity contribution in [3.8, 4) is 0 Å². The number of pyridine rings is 1. The minimum atomic E-state index is -0.391. The summed E-state index contributed by atoms with van der Waals surface area (Å²) in [4.78, 5) is 15.6. The van der Waals surface area contributed by atoms with Crippen LogP contribution in [-0.2, 0) is 6.54 Å². The van der Waals surface area contributed by atoms with Crippen LogP contribution in [0.25, 0.3) is 0 Å². The number of nitrogens with zero attached hydrogens (tertiary/aromatic N) is 3. The summed E-state index contributed by atoms with van der Waals surface area (Å²) in [6.45, 7) is 0.394. The number of aliphatic hydroxyl groups excluding tert-OH is 1. The van der Waals surface area contributed by atoms with Crippen LogP contribution in [0.1, 0.15) is 0 Å². The molecule has 2 aromatic rings. The van der Waals surface area contributed by atoms with Gasteiger partial charge in [0.2, 0.25) is 0 Å². The van der Waals surface area contributed by atoms with E-state index in [0.29, 0.717) is 18.1 Å². The number of amides is 2. The molecule has 0 unspecified atom stereocenters. The number of rotatable bonds is 4. The van der Waals surface area contributed by atoms with Crippen LogP contribution in [0.4, 0.5) is 16.3 Å². The lowest BCUT2D eigenvalue weighted by Gasteiger charge is -2.04. The van der Waals surface area contributed by atoms with Crippen LogP contribution >= 0.6 is 0 Å². The molecule has 0 aliphatic carbocycles. The molecule has 2 heterocycles. The predicted molar refractivity (Wildman–Crippen MR) is 66.2 cm³/mol. The van der Waals surface area contributed by atoms with Crippen LogP contribution in [0.3, 0.4) is 0 Å². The lowest BCUT2D eigenvalue weighted by atomic mass is 10.5. The molecule has 3 N–H and O–H groups in total. The van der Waals surface area contributed by atoms with Gasteiger partial charge in [-0.25, -0.2) is 9.78 Å². The Morgan fingerprint density at radius 2 is 2.28 bits per heavy atom. The van der Waals surface area contributed by atoms with Crippen LogP contribution in [0.15, 0.2) is 36.8 Å². The number of aliphatic hydroxyl groups is 1. The molecule has 0 aromatic carbocycles. The highest BCUT2D eigenvalue weighted by atomic mass is 16.3. The van der Waals surface area contributed by atoms with Gasteiger partial charge in [-0.15, -0.1) is 0 Å². The third-order valence-corrected chi connectivity index (χ3v) is 2.13. The van der Waals surface area contributed by atoms with Gasteiger partial charge in [0.15, 0.2) is 0 Å². The number of carbonyl (C=O) groups is 1. The molecule has 0 radical (unpaired) electrons. The first-order valence-electron chi connectivity index (χ1n) is 5.40. The summed E-state index contributed by atoms with van der Waals surface area (Å²) in [6.07, 6.45) is 4.73. The zero-order chi connectivity index (χ0) is 12.8. The van der Waals surface area contributed by atoms with E-state index in [1.54, 1.807) is 30.6 Å². The van der Waals surface area contributed by atoms with Crippen LogP contribution in [0.2, 0.25) is 0 Å². The van der Waals surface area contributed by atoms with Gasteiger partial charge in [0, 0.05) is 12.4 Å². The first kappa shape index (κ1) is 12.1.